The summed E-state index contributed by atoms with van der Waals surface area (Å²) in [6, 6.07) is -0.821. The topological polar surface area (TPSA) is 180 Å². The third-order valence-corrected chi connectivity index (χ3v) is 2.06. The highest BCUT2D eigenvalue weighted by Crippen LogP contribution is 1.92. The molecule has 0 amide bonds. The van der Waals surface area contributed by atoms with E-state index in [2.05, 4.69) is 5.32 Å². The van der Waals surface area contributed by atoms with Gasteiger partial charge in [0.05, 0.1) is 0 Å². The van der Waals surface area contributed by atoms with Crippen LogP contribution in [0.25, 0.3) is 0 Å². The smallest absolute Gasteiger partial charge is 0.372 e. The monoisotopic (exact) mass is 290 g/mol. The number of rotatable bonds is 7. The zero-order valence-corrected chi connectivity index (χ0v) is 11.5. The van der Waals surface area contributed by atoms with E-state index < -0.39 is 29.7 Å². The summed E-state index contributed by atoms with van der Waals surface area (Å²) in [5.74, 6) is -3.59. The third kappa shape index (κ3) is 12.3. The molecule has 0 bridgehead atoms. The highest BCUT2D eigenvalue weighted by molar-refractivity contribution is 6.33. The first-order chi connectivity index (χ1) is 9.09. The molecule has 116 valence electrons. The van der Waals surface area contributed by atoms with Crippen LogP contribution < -0.4 is 16.8 Å². The standard InChI is InChI=1S/C6H14N4O2.C5H8O3/c7-4(5(11)12)2-1-3-10-6(8)9;1-3(2)4(6)5(7)8/h4H,1-3,7H2,(H,11,12)(H4,8,9,10);3H,1-2H3,(H,7,8)/t4-;/m0./s1. The molecule has 0 aliphatic heterocycles. The van der Waals surface area contributed by atoms with Gasteiger partial charge in [-0.2, -0.15) is 0 Å². The van der Waals surface area contributed by atoms with Gasteiger partial charge in [-0.15, -0.1) is 0 Å². The first kappa shape index (κ1) is 20.2. The number of carbonyl (C=O) groups excluding carboxylic acids is 1. The molecule has 0 unspecified atom stereocenters. The Morgan fingerprint density at radius 3 is 2.00 bits per heavy atom. The summed E-state index contributed by atoms with van der Waals surface area (Å²) in [6.45, 7) is 3.59. The van der Waals surface area contributed by atoms with Crippen LogP contribution in [0.1, 0.15) is 26.7 Å². The molecule has 1 atom stereocenters. The second-order valence-corrected chi connectivity index (χ2v) is 4.25. The number of hydrogen-bond donors (Lipinski definition) is 6. The van der Waals surface area contributed by atoms with Crippen molar-refractivity contribution in [3.05, 3.63) is 0 Å². The molecule has 0 saturated carbocycles. The fourth-order valence-electron chi connectivity index (χ4n) is 0.915. The quantitative estimate of drug-likeness (QED) is 0.149. The van der Waals surface area contributed by atoms with Gasteiger partial charge in [0.25, 0.3) is 0 Å². The van der Waals surface area contributed by atoms with Crippen LogP contribution in [-0.2, 0) is 14.4 Å². The van der Waals surface area contributed by atoms with Gasteiger partial charge < -0.3 is 27.0 Å². The number of aliphatic carboxylic acids is 2. The molecule has 0 heterocycles. The first-order valence-electron chi connectivity index (χ1n) is 5.93. The van der Waals surface area contributed by atoms with E-state index in [4.69, 9.17) is 27.1 Å². The first-order valence-corrected chi connectivity index (χ1v) is 5.93. The molecule has 0 aromatic carbocycles. The lowest BCUT2D eigenvalue weighted by molar-refractivity contribution is -0.150. The predicted octanol–water partition coefficient (Wildman–Crippen LogP) is -1.04. The van der Waals surface area contributed by atoms with Gasteiger partial charge in [0.2, 0.25) is 5.78 Å². The molecule has 0 aromatic heterocycles. The van der Waals surface area contributed by atoms with Gasteiger partial charge in [-0.05, 0) is 12.8 Å². The van der Waals surface area contributed by atoms with Crippen molar-refractivity contribution in [1.29, 1.82) is 5.41 Å². The zero-order valence-electron chi connectivity index (χ0n) is 11.5. The van der Waals surface area contributed by atoms with E-state index in [-0.39, 0.29) is 5.96 Å². The average Bonchev–Trinajstić information content (AvgIpc) is 2.33. The second kappa shape index (κ2) is 10.7. The number of carboxylic acids is 2. The summed E-state index contributed by atoms with van der Waals surface area (Å²) in [6.07, 6.45) is 0.975. The number of hydrogen-bond acceptors (Lipinski definition) is 5. The van der Waals surface area contributed by atoms with Crippen LogP contribution in [0.2, 0.25) is 0 Å². The van der Waals surface area contributed by atoms with Gasteiger partial charge in [0.1, 0.15) is 6.04 Å². The number of carbonyl (C=O) groups is 3. The fourth-order valence-corrected chi connectivity index (χ4v) is 0.915. The molecule has 9 nitrogen and oxygen atoms in total. The highest BCUT2D eigenvalue weighted by Gasteiger charge is 2.14. The molecule has 0 aliphatic carbocycles. The Kier molecular flexibility index (Phi) is 10.8. The Labute approximate surface area is 116 Å². The summed E-state index contributed by atoms with van der Waals surface area (Å²) >= 11 is 0. The fraction of sp³-hybridized carbons (Fsp3) is 0.636. The molecule has 0 radical (unpaired) electrons. The number of carboxylic acid groups (broad SMARTS) is 2. The Hall–Kier alpha value is -2.16. The van der Waals surface area contributed by atoms with Crippen molar-refractivity contribution in [1.82, 2.24) is 5.32 Å². The lowest BCUT2D eigenvalue weighted by Gasteiger charge is -2.06. The number of nitrogens with two attached hydrogens (primary N) is 2. The maximum absolute atomic E-state index is 10.2. The normalized spacial score (nSPS) is 11.0. The SMILES string of the molecule is CC(C)C(=O)C(=O)O.N=C(N)NCCC[C@H](N)C(=O)O. The summed E-state index contributed by atoms with van der Waals surface area (Å²) in [5.41, 5.74) is 10.2. The molecular formula is C11H22N4O5. The van der Waals surface area contributed by atoms with Gasteiger partial charge in [0, 0.05) is 12.5 Å². The van der Waals surface area contributed by atoms with E-state index in [0.29, 0.717) is 19.4 Å². The largest absolute Gasteiger partial charge is 0.480 e. The van der Waals surface area contributed by atoms with Crippen molar-refractivity contribution in [2.24, 2.45) is 17.4 Å². The molecule has 0 aromatic rings. The molecule has 0 saturated heterocycles. The number of ketones is 1. The number of nitrogens with one attached hydrogen (secondary N) is 2. The maximum Gasteiger partial charge on any atom is 0.372 e. The molecule has 0 spiro atoms. The predicted molar refractivity (Wildman–Crippen MR) is 72.2 cm³/mol. The van der Waals surface area contributed by atoms with Gasteiger partial charge >= 0.3 is 11.9 Å². The van der Waals surface area contributed by atoms with E-state index in [1.54, 1.807) is 13.8 Å². The number of guanidine groups is 1. The Morgan fingerprint density at radius 2 is 1.75 bits per heavy atom. The highest BCUT2D eigenvalue weighted by atomic mass is 16.4. The lowest BCUT2D eigenvalue weighted by atomic mass is 10.1. The zero-order chi connectivity index (χ0) is 16.3. The Morgan fingerprint density at radius 1 is 1.25 bits per heavy atom. The van der Waals surface area contributed by atoms with Crippen LogP contribution in [0.5, 0.6) is 0 Å². The Bertz CT molecular complexity index is 357. The minimum Gasteiger partial charge on any atom is -0.480 e. The molecule has 0 fully saturated rings. The lowest BCUT2D eigenvalue weighted by Crippen LogP contribution is -2.34. The average molecular weight is 290 g/mol. The van der Waals surface area contributed by atoms with Crippen LogP contribution in [-0.4, -0.2) is 46.5 Å². The van der Waals surface area contributed by atoms with Crippen molar-refractivity contribution in [3.63, 3.8) is 0 Å². The third-order valence-electron chi connectivity index (χ3n) is 2.06. The van der Waals surface area contributed by atoms with Crippen LogP contribution in [0.4, 0.5) is 0 Å². The maximum atomic E-state index is 10.2. The van der Waals surface area contributed by atoms with Gasteiger partial charge in [-0.1, -0.05) is 13.8 Å². The molecule has 9 heteroatoms. The second-order valence-electron chi connectivity index (χ2n) is 4.25. The van der Waals surface area contributed by atoms with Gasteiger partial charge in [-0.3, -0.25) is 15.0 Å². The molecule has 0 rings (SSSR count). The van der Waals surface area contributed by atoms with Crippen molar-refractivity contribution in [2.75, 3.05) is 6.54 Å². The molecule has 20 heavy (non-hydrogen) atoms. The van der Waals surface area contributed by atoms with Crippen molar-refractivity contribution in [2.45, 2.75) is 32.7 Å². The van der Waals surface area contributed by atoms with E-state index >= 15 is 0 Å². The van der Waals surface area contributed by atoms with Crippen molar-refractivity contribution < 1.29 is 24.6 Å². The molecule has 0 aliphatic rings. The number of Topliss-reactive ketones (excluding diaryl/α,β-unsaturated/α-hetero) is 1. The minimum absolute atomic E-state index is 0.112. The van der Waals surface area contributed by atoms with Crippen LogP contribution in [0.3, 0.4) is 0 Å². The van der Waals surface area contributed by atoms with E-state index in [1.165, 1.54) is 0 Å². The van der Waals surface area contributed by atoms with Crippen LogP contribution in [0, 0.1) is 11.3 Å². The van der Waals surface area contributed by atoms with E-state index in [0.717, 1.165) is 0 Å². The molecule has 8 N–H and O–H groups in total. The van der Waals surface area contributed by atoms with E-state index in [1.807, 2.05) is 0 Å². The van der Waals surface area contributed by atoms with Crippen molar-refractivity contribution in [3.8, 4) is 0 Å². The summed E-state index contributed by atoms with van der Waals surface area (Å²) < 4.78 is 0. The summed E-state index contributed by atoms with van der Waals surface area (Å²) in [5, 5.41) is 25.7. The van der Waals surface area contributed by atoms with Crippen LogP contribution in [0.15, 0.2) is 0 Å². The van der Waals surface area contributed by atoms with Crippen molar-refractivity contribution >= 4 is 23.7 Å². The Balaban J connectivity index is 0. The summed E-state index contributed by atoms with van der Waals surface area (Å²) in [7, 11) is 0. The van der Waals surface area contributed by atoms with Gasteiger partial charge in [0.15, 0.2) is 5.96 Å². The molecular weight excluding hydrogens is 268 g/mol. The van der Waals surface area contributed by atoms with Crippen LogP contribution >= 0.6 is 0 Å². The van der Waals surface area contributed by atoms with E-state index in [9.17, 15) is 14.4 Å². The minimum atomic E-state index is -1.35. The summed E-state index contributed by atoms with van der Waals surface area (Å²) in [4.78, 5) is 30.2. The van der Waals surface area contributed by atoms with Gasteiger partial charge in [-0.25, -0.2) is 4.79 Å².